The van der Waals surface area contributed by atoms with Gasteiger partial charge in [-0.3, -0.25) is 9.80 Å². The second-order valence-electron chi connectivity index (χ2n) is 8.43. The van der Waals surface area contributed by atoms with Crippen LogP contribution in [0.25, 0.3) is 0 Å². The molecule has 0 bridgehead atoms. The van der Waals surface area contributed by atoms with E-state index in [4.69, 9.17) is 0 Å². The van der Waals surface area contributed by atoms with Crippen LogP contribution >= 0.6 is 0 Å². The third-order valence-electron chi connectivity index (χ3n) is 6.42. The van der Waals surface area contributed by atoms with Crippen molar-refractivity contribution >= 4 is 0 Å². The molecule has 3 rings (SSSR count). The van der Waals surface area contributed by atoms with E-state index >= 15 is 0 Å². The normalized spacial score (nSPS) is 22.6. The molecule has 0 radical (unpaired) electrons. The van der Waals surface area contributed by atoms with E-state index in [2.05, 4.69) is 57.7 Å². The zero-order chi connectivity index (χ0) is 17.9. The highest BCUT2D eigenvalue weighted by atomic mass is 15.6. The van der Waals surface area contributed by atoms with Crippen LogP contribution in [0.1, 0.15) is 84.5 Å². The van der Waals surface area contributed by atoms with Crippen LogP contribution in [0.15, 0.2) is 0 Å². The van der Waals surface area contributed by atoms with Crippen molar-refractivity contribution in [2.45, 2.75) is 90.3 Å². The third kappa shape index (κ3) is 4.05. The van der Waals surface area contributed by atoms with Crippen LogP contribution in [0.2, 0.25) is 0 Å². The molecule has 1 aromatic heterocycles. The van der Waals surface area contributed by atoms with Gasteiger partial charge in [0.05, 0.1) is 11.6 Å². The van der Waals surface area contributed by atoms with Crippen LogP contribution in [0.5, 0.6) is 0 Å². The van der Waals surface area contributed by atoms with E-state index in [-0.39, 0.29) is 5.54 Å². The van der Waals surface area contributed by atoms with Crippen LogP contribution in [0, 0.1) is 0 Å². The van der Waals surface area contributed by atoms with E-state index in [0.717, 1.165) is 44.2 Å². The Morgan fingerprint density at radius 1 is 1.08 bits per heavy atom. The largest absolute Gasteiger partial charge is 0.298 e. The summed E-state index contributed by atoms with van der Waals surface area (Å²) < 4.78 is 2.08. The van der Waals surface area contributed by atoms with Gasteiger partial charge in [-0.2, -0.15) is 0 Å². The molecule has 2 heterocycles. The summed E-state index contributed by atoms with van der Waals surface area (Å²) >= 11 is 0. The zero-order valence-electron chi connectivity index (χ0n) is 16.6. The van der Waals surface area contributed by atoms with Gasteiger partial charge >= 0.3 is 0 Å². The molecule has 1 aliphatic carbocycles. The fourth-order valence-electron chi connectivity index (χ4n) is 4.41. The number of piperazine rings is 1. The van der Waals surface area contributed by atoms with Crippen LogP contribution in [-0.4, -0.2) is 62.2 Å². The summed E-state index contributed by atoms with van der Waals surface area (Å²) in [7, 11) is 0. The summed E-state index contributed by atoms with van der Waals surface area (Å²) in [6, 6.07) is 1.19. The molecule has 6 nitrogen and oxygen atoms in total. The number of aromatic nitrogens is 4. The van der Waals surface area contributed by atoms with Crippen molar-refractivity contribution in [3.05, 3.63) is 5.82 Å². The Hall–Kier alpha value is -1.01. The summed E-state index contributed by atoms with van der Waals surface area (Å²) in [6.07, 6.45) is 8.97. The maximum absolute atomic E-state index is 4.47. The van der Waals surface area contributed by atoms with Crippen molar-refractivity contribution in [2.24, 2.45) is 0 Å². The minimum atomic E-state index is -0.0313. The van der Waals surface area contributed by atoms with E-state index < -0.39 is 0 Å². The summed E-state index contributed by atoms with van der Waals surface area (Å²) in [5.74, 6) is 1.06. The van der Waals surface area contributed by atoms with Crippen molar-refractivity contribution in [1.82, 2.24) is 30.0 Å². The van der Waals surface area contributed by atoms with Crippen molar-refractivity contribution < 1.29 is 0 Å². The smallest absolute Gasteiger partial charge is 0.168 e. The molecule has 0 unspecified atom stereocenters. The van der Waals surface area contributed by atoms with Gasteiger partial charge in [-0.05, 0) is 50.0 Å². The highest BCUT2D eigenvalue weighted by Crippen LogP contribution is 2.31. The molecule has 142 valence electrons. The van der Waals surface area contributed by atoms with Crippen molar-refractivity contribution in [1.29, 1.82) is 0 Å². The fourth-order valence-corrected chi connectivity index (χ4v) is 4.41. The van der Waals surface area contributed by atoms with E-state index in [1.165, 1.54) is 38.8 Å². The lowest BCUT2D eigenvalue weighted by Crippen LogP contribution is -2.51. The predicted octanol–water partition coefficient (Wildman–Crippen LogP) is 3.22. The first kappa shape index (κ1) is 18.8. The van der Waals surface area contributed by atoms with E-state index in [9.17, 15) is 0 Å². The average Bonchev–Trinajstić information content (AvgIpc) is 3.32. The van der Waals surface area contributed by atoms with Gasteiger partial charge in [0, 0.05) is 32.2 Å². The molecule has 1 atom stereocenters. The number of hydrogen-bond acceptors (Lipinski definition) is 5. The molecular weight excluding hydrogens is 312 g/mol. The first-order valence-electron chi connectivity index (χ1n) is 10.3. The fraction of sp³-hybridized carbons (Fsp3) is 0.947. The molecular formula is C19H36N6. The zero-order valence-corrected chi connectivity index (χ0v) is 16.6. The molecule has 0 spiro atoms. The van der Waals surface area contributed by atoms with E-state index in [1.54, 1.807) is 0 Å². The maximum atomic E-state index is 4.47. The highest BCUT2D eigenvalue weighted by molar-refractivity contribution is 4.99. The van der Waals surface area contributed by atoms with E-state index in [0.29, 0.717) is 6.04 Å². The topological polar surface area (TPSA) is 50.1 Å². The minimum Gasteiger partial charge on any atom is -0.298 e. The predicted molar refractivity (Wildman–Crippen MR) is 100 cm³/mol. The molecule has 25 heavy (non-hydrogen) atoms. The van der Waals surface area contributed by atoms with Gasteiger partial charge in [-0.25, -0.2) is 4.68 Å². The van der Waals surface area contributed by atoms with Crippen LogP contribution in [0.3, 0.4) is 0 Å². The van der Waals surface area contributed by atoms with Crippen molar-refractivity contribution in [3.63, 3.8) is 0 Å². The van der Waals surface area contributed by atoms with Gasteiger partial charge in [-0.15, -0.1) is 5.10 Å². The molecule has 1 aromatic rings. The second kappa shape index (κ2) is 8.12. The van der Waals surface area contributed by atoms with Gasteiger partial charge in [0.2, 0.25) is 0 Å². The Morgan fingerprint density at radius 3 is 2.36 bits per heavy atom. The first-order chi connectivity index (χ1) is 12.1. The highest BCUT2D eigenvalue weighted by Gasteiger charge is 2.34. The Balaban J connectivity index is 1.71. The molecule has 0 amide bonds. The molecule has 0 aromatic carbocycles. The summed E-state index contributed by atoms with van der Waals surface area (Å²) in [5.41, 5.74) is -0.0313. The Bertz CT molecular complexity index is 526. The lowest BCUT2D eigenvalue weighted by Gasteiger charge is -2.41. The average molecular weight is 349 g/mol. The molecule has 1 saturated carbocycles. The number of tetrazole rings is 1. The van der Waals surface area contributed by atoms with Gasteiger partial charge in [0.1, 0.15) is 0 Å². The molecule has 2 fully saturated rings. The molecule has 1 saturated heterocycles. The van der Waals surface area contributed by atoms with Crippen molar-refractivity contribution in [3.8, 4) is 0 Å². The SMILES string of the molecule is CCC[C@H](c1nnnn1C(C)(C)CC)N1CCN(C2CCCC2)CC1. The van der Waals surface area contributed by atoms with Gasteiger partial charge in [0.25, 0.3) is 0 Å². The standard InChI is InChI=1S/C19H36N6/c1-5-9-17(18-20-21-22-25(18)19(3,4)6-2)24-14-12-23(13-15-24)16-10-7-8-11-16/h16-17H,5-15H2,1-4H3/t17-/m1/s1. The van der Waals surface area contributed by atoms with Gasteiger partial charge in [-0.1, -0.05) is 33.1 Å². The first-order valence-corrected chi connectivity index (χ1v) is 10.3. The summed E-state index contributed by atoms with van der Waals surface area (Å²) in [5, 5.41) is 12.9. The Morgan fingerprint density at radius 2 is 1.76 bits per heavy atom. The van der Waals surface area contributed by atoms with E-state index in [1.807, 2.05) is 0 Å². The number of rotatable bonds is 7. The van der Waals surface area contributed by atoms with Crippen LogP contribution in [0.4, 0.5) is 0 Å². The monoisotopic (exact) mass is 348 g/mol. The summed E-state index contributed by atoms with van der Waals surface area (Å²) in [4.78, 5) is 5.36. The third-order valence-corrected chi connectivity index (χ3v) is 6.42. The minimum absolute atomic E-state index is 0.0313. The second-order valence-corrected chi connectivity index (χ2v) is 8.43. The van der Waals surface area contributed by atoms with Gasteiger partial charge in [0.15, 0.2) is 5.82 Å². The lowest BCUT2D eigenvalue weighted by molar-refractivity contribution is 0.0604. The Kier molecular flexibility index (Phi) is 6.10. The molecule has 6 heteroatoms. The maximum Gasteiger partial charge on any atom is 0.168 e. The molecule has 0 N–H and O–H groups in total. The Labute approximate surface area is 152 Å². The number of hydrogen-bond donors (Lipinski definition) is 0. The lowest BCUT2D eigenvalue weighted by atomic mass is 10.0. The van der Waals surface area contributed by atoms with Gasteiger partial charge < -0.3 is 0 Å². The van der Waals surface area contributed by atoms with Crippen LogP contribution in [-0.2, 0) is 5.54 Å². The van der Waals surface area contributed by atoms with Crippen molar-refractivity contribution in [2.75, 3.05) is 26.2 Å². The molecule has 1 aliphatic heterocycles. The quantitative estimate of drug-likeness (QED) is 0.757. The van der Waals surface area contributed by atoms with Crippen LogP contribution < -0.4 is 0 Å². The summed E-state index contributed by atoms with van der Waals surface area (Å²) in [6.45, 7) is 13.6. The molecule has 2 aliphatic rings. The number of nitrogens with zero attached hydrogens (tertiary/aromatic N) is 6.